The Hall–Kier alpha value is -4.72. The molecule has 1 heterocycles. The van der Waals surface area contributed by atoms with Gasteiger partial charge in [0.1, 0.15) is 11.5 Å². The summed E-state index contributed by atoms with van der Waals surface area (Å²) >= 11 is -2.56. The predicted octanol–water partition coefficient (Wildman–Crippen LogP) is 17.6. The van der Waals surface area contributed by atoms with Crippen LogP contribution < -0.4 is 0 Å². The van der Waals surface area contributed by atoms with Crippen molar-refractivity contribution in [2.75, 3.05) is 0 Å². The average Bonchev–Trinajstić information content (AvgIpc) is 3.81. The minimum atomic E-state index is -2.56. The second kappa shape index (κ2) is 16.9. The fourth-order valence-corrected chi connectivity index (χ4v) is 28.7. The summed E-state index contributed by atoms with van der Waals surface area (Å²) < 4.78 is 4.40. The van der Waals surface area contributed by atoms with Crippen molar-refractivity contribution >= 4 is 12.2 Å². The van der Waals surface area contributed by atoms with Crippen LogP contribution in [-0.2, 0) is 41.9 Å². The van der Waals surface area contributed by atoms with Gasteiger partial charge in [-0.1, -0.05) is 95.2 Å². The van der Waals surface area contributed by atoms with Gasteiger partial charge in [0.15, 0.2) is 0 Å². The van der Waals surface area contributed by atoms with Crippen molar-refractivity contribution in [1.82, 2.24) is 0 Å². The van der Waals surface area contributed by atoms with Crippen molar-refractivity contribution in [2.45, 2.75) is 134 Å². The minimum absolute atomic E-state index is 0.0768. The standard InChI is InChI=1S/C28H42O2.2C16H13.C2H4.Zr/c1-25(2,3)17-13-19(23(29)21(15-17)27(7,8)9)20-14-18(26(4,5)6)16-22(24(20)30)28(10,11)12;2*1-12-10-14-8-5-9-15(16(14)11-12)13-6-3-2-4-7-13;1-2;/h13-16,29-30H,1-12H3;2*2-11H,1H3;1-2H2;. The van der Waals surface area contributed by atoms with Crippen molar-refractivity contribution < 1.29 is 30.5 Å². The third kappa shape index (κ3) is 8.85. The van der Waals surface area contributed by atoms with Crippen molar-refractivity contribution in [3.05, 3.63) is 177 Å². The molecule has 2 atom stereocenters. The van der Waals surface area contributed by atoms with Crippen LogP contribution in [0, 0.1) is 0 Å². The topological polar surface area (TPSA) is 40.5 Å². The van der Waals surface area contributed by atoms with Gasteiger partial charge in [0.25, 0.3) is 0 Å². The normalized spacial score (nSPS) is 17.7. The SMILES string of the molecule is CC(C)(C)c1cc(-c2cc(C(C)(C)C)cc(C(C)(C)C)c2O)c(O)c(C(C)(C)C)c1.CC1=Cc2c(-c3ccccc3)cccc2[CH]1[Zr]1([CH]2C(C)=Cc3c(-c4ccccc4)cccc32)[CH2][CH2]1. The van der Waals surface area contributed by atoms with E-state index in [0.717, 1.165) is 22.3 Å². The first-order valence-electron chi connectivity index (χ1n) is 23.9. The number of phenols is 2. The summed E-state index contributed by atoms with van der Waals surface area (Å²) in [5.41, 5.74) is 19.9. The van der Waals surface area contributed by atoms with Crippen molar-refractivity contribution in [2.24, 2.45) is 0 Å². The van der Waals surface area contributed by atoms with Gasteiger partial charge in [0, 0.05) is 22.3 Å². The number of phenolic OH excluding ortho intramolecular Hbond substituents is 2. The Bertz CT molecular complexity index is 2630. The van der Waals surface area contributed by atoms with Gasteiger partial charge in [-0.15, -0.1) is 0 Å². The van der Waals surface area contributed by atoms with Crippen LogP contribution in [0.3, 0.4) is 0 Å². The molecule has 2 nitrogen and oxygen atoms in total. The maximum absolute atomic E-state index is 11.4. The Kier molecular flexibility index (Phi) is 12.1. The first kappa shape index (κ1) is 46.8. The summed E-state index contributed by atoms with van der Waals surface area (Å²) in [6, 6.07) is 44.4. The zero-order valence-electron chi connectivity index (χ0n) is 41.7. The molecular formula is C62H72O2Zr. The zero-order valence-corrected chi connectivity index (χ0v) is 44.1. The molecule has 1 saturated heterocycles. The summed E-state index contributed by atoms with van der Waals surface area (Å²) in [4.78, 5) is 0. The van der Waals surface area contributed by atoms with Crippen LogP contribution in [0.5, 0.6) is 11.5 Å². The molecule has 0 aromatic heterocycles. The first-order valence-corrected chi connectivity index (χ1v) is 30.2. The zero-order chi connectivity index (χ0) is 47.0. The van der Waals surface area contributed by atoms with Crippen molar-refractivity contribution in [3.63, 3.8) is 0 Å². The average molecular weight is 940 g/mol. The number of benzene rings is 6. The van der Waals surface area contributed by atoms with E-state index in [1.54, 1.807) is 22.3 Å². The summed E-state index contributed by atoms with van der Waals surface area (Å²) in [6.45, 7) is 30.6. The Morgan fingerprint density at radius 1 is 0.415 bits per heavy atom. The number of rotatable bonds is 5. The van der Waals surface area contributed by atoms with E-state index in [4.69, 9.17) is 0 Å². The van der Waals surface area contributed by atoms with Gasteiger partial charge < -0.3 is 10.2 Å². The summed E-state index contributed by atoms with van der Waals surface area (Å²) in [7, 11) is 0. The third-order valence-electron chi connectivity index (χ3n) is 14.6. The Morgan fingerprint density at radius 2 is 0.769 bits per heavy atom. The molecule has 0 bridgehead atoms. The quantitative estimate of drug-likeness (QED) is 0.181. The van der Waals surface area contributed by atoms with Crippen molar-refractivity contribution in [1.29, 1.82) is 0 Å². The second-order valence-electron chi connectivity index (χ2n) is 23.6. The number of aromatic hydroxyl groups is 2. The molecule has 1 fully saturated rings. The molecule has 3 aliphatic rings. The van der Waals surface area contributed by atoms with Crippen LogP contribution in [0.2, 0.25) is 8.26 Å². The molecule has 0 amide bonds. The van der Waals surface area contributed by atoms with E-state index in [2.05, 4.69) is 230 Å². The molecule has 6 aromatic carbocycles. The molecule has 9 rings (SSSR count). The van der Waals surface area contributed by atoms with E-state index in [1.165, 1.54) is 41.6 Å². The van der Waals surface area contributed by atoms with Gasteiger partial charge in [0.2, 0.25) is 0 Å². The second-order valence-corrected chi connectivity index (χ2v) is 34.9. The van der Waals surface area contributed by atoms with Crippen LogP contribution in [0.1, 0.15) is 149 Å². The summed E-state index contributed by atoms with van der Waals surface area (Å²) in [6.07, 6.45) is 5.07. The predicted molar refractivity (Wildman–Crippen MR) is 276 cm³/mol. The van der Waals surface area contributed by atoms with E-state index in [1.807, 2.05) is 0 Å². The Balaban J connectivity index is 0.000000180. The van der Waals surface area contributed by atoms with Gasteiger partial charge in [-0.25, -0.2) is 0 Å². The van der Waals surface area contributed by atoms with Gasteiger partial charge >= 0.3 is 214 Å². The molecule has 2 unspecified atom stereocenters. The van der Waals surface area contributed by atoms with E-state index in [-0.39, 0.29) is 33.2 Å². The van der Waals surface area contributed by atoms with Crippen LogP contribution in [0.15, 0.2) is 132 Å². The van der Waals surface area contributed by atoms with Crippen molar-refractivity contribution in [3.8, 4) is 44.9 Å². The van der Waals surface area contributed by atoms with E-state index in [9.17, 15) is 10.2 Å². The van der Waals surface area contributed by atoms with E-state index < -0.39 is 20.3 Å². The van der Waals surface area contributed by atoms with Gasteiger partial charge in [0.05, 0.1) is 0 Å². The molecule has 0 radical (unpaired) electrons. The molecule has 0 saturated carbocycles. The Morgan fingerprint density at radius 3 is 1.08 bits per heavy atom. The van der Waals surface area contributed by atoms with Gasteiger partial charge in [-0.05, 0) is 44.9 Å². The molecule has 2 aliphatic carbocycles. The molecule has 6 aromatic rings. The molecule has 0 spiro atoms. The van der Waals surface area contributed by atoms with Gasteiger partial charge in [-0.2, -0.15) is 0 Å². The van der Waals surface area contributed by atoms with Crippen LogP contribution in [0.25, 0.3) is 45.5 Å². The van der Waals surface area contributed by atoms with E-state index in [0.29, 0.717) is 18.4 Å². The summed E-state index contributed by atoms with van der Waals surface area (Å²) in [5.74, 6) is 0.522. The molecule has 65 heavy (non-hydrogen) atoms. The van der Waals surface area contributed by atoms with Crippen LogP contribution in [-0.4, -0.2) is 10.2 Å². The maximum atomic E-state index is 11.4. The molecular weight excluding hydrogens is 868 g/mol. The number of allylic oxidation sites excluding steroid dienone is 2. The molecule has 1 aliphatic heterocycles. The molecule has 3 heteroatoms. The van der Waals surface area contributed by atoms with Crippen LogP contribution in [0.4, 0.5) is 0 Å². The monoisotopic (exact) mass is 938 g/mol. The molecule has 336 valence electrons. The first-order chi connectivity index (χ1) is 30.4. The molecule has 2 N–H and O–H groups in total. The summed E-state index contributed by atoms with van der Waals surface area (Å²) in [5, 5.41) is 22.7. The third-order valence-corrected chi connectivity index (χ3v) is 28.0. The number of hydrogen-bond acceptors (Lipinski definition) is 2. The number of fused-ring (bicyclic) bond motifs is 2. The fourth-order valence-electron chi connectivity index (χ4n) is 10.9. The Labute approximate surface area is 396 Å². The van der Waals surface area contributed by atoms with E-state index >= 15 is 0 Å². The fraction of sp³-hybridized carbons (Fsp3) is 0.355. The number of hydrogen-bond donors (Lipinski definition) is 2. The van der Waals surface area contributed by atoms with Gasteiger partial charge in [-0.3, -0.25) is 0 Å². The van der Waals surface area contributed by atoms with Crippen LogP contribution >= 0.6 is 0 Å².